The molecule has 2 aromatic carbocycles. The zero-order valence-corrected chi connectivity index (χ0v) is 18.1. The second kappa shape index (κ2) is 9.49. The van der Waals surface area contributed by atoms with E-state index in [-0.39, 0.29) is 11.7 Å². The Morgan fingerprint density at radius 3 is 2.43 bits per heavy atom. The van der Waals surface area contributed by atoms with E-state index in [4.69, 9.17) is 16.0 Å². The first-order valence-corrected chi connectivity index (χ1v) is 11.7. The number of hydrogen-bond donors (Lipinski definition) is 0. The molecule has 0 aliphatic carbocycles. The van der Waals surface area contributed by atoms with Crippen LogP contribution in [0.25, 0.3) is 0 Å². The fraction of sp³-hybridized carbons (Fsp3) is 0.261. The summed E-state index contributed by atoms with van der Waals surface area (Å²) in [6, 6.07) is 21.0. The highest BCUT2D eigenvalue weighted by Gasteiger charge is 2.24. The van der Waals surface area contributed by atoms with Gasteiger partial charge in [0.15, 0.2) is 5.76 Å². The third kappa shape index (κ3) is 5.12. The molecule has 1 aliphatic heterocycles. The average Bonchev–Trinajstić information content (AvgIpc) is 3.22. The molecule has 156 valence electrons. The maximum absolute atomic E-state index is 12.8. The van der Waals surface area contributed by atoms with Crippen molar-refractivity contribution in [2.75, 3.05) is 31.1 Å². The summed E-state index contributed by atoms with van der Waals surface area (Å²) in [7, 11) is -1.14. The Kier molecular flexibility index (Phi) is 6.55. The first kappa shape index (κ1) is 20.7. The number of para-hydroxylation sites is 1. The lowest BCUT2D eigenvalue weighted by molar-refractivity contribution is 0.0713. The second-order valence-electron chi connectivity index (χ2n) is 7.24. The van der Waals surface area contributed by atoms with Crippen molar-refractivity contribution in [3.05, 3.63) is 88.8 Å². The van der Waals surface area contributed by atoms with Gasteiger partial charge in [0.1, 0.15) is 5.76 Å². The van der Waals surface area contributed by atoms with E-state index in [1.807, 2.05) is 41.3 Å². The molecule has 7 heteroatoms. The number of carbonyl (C=O) groups excluding carboxylic acids is 1. The van der Waals surface area contributed by atoms with E-state index >= 15 is 0 Å². The Hall–Kier alpha value is -2.57. The van der Waals surface area contributed by atoms with Crippen LogP contribution >= 0.6 is 11.6 Å². The van der Waals surface area contributed by atoms with Crippen LogP contribution in [-0.2, 0) is 22.3 Å². The topological polar surface area (TPSA) is 53.8 Å². The number of amides is 1. The van der Waals surface area contributed by atoms with Crippen LogP contribution < -0.4 is 4.90 Å². The lowest BCUT2D eigenvalue weighted by Crippen LogP contribution is -2.48. The Labute approximate surface area is 183 Å². The molecular formula is C23H23ClN2O3S. The van der Waals surface area contributed by atoms with Crippen LogP contribution in [0.3, 0.4) is 0 Å². The lowest BCUT2D eigenvalue weighted by Gasteiger charge is -2.35. The van der Waals surface area contributed by atoms with Crippen molar-refractivity contribution in [3.63, 3.8) is 0 Å². The molecule has 0 radical (unpaired) electrons. The number of nitrogens with zero attached hydrogens (tertiary/aromatic N) is 2. The number of carbonyl (C=O) groups is 1. The van der Waals surface area contributed by atoms with Crippen LogP contribution in [0.15, 0.2) is 71.1 Å². The van der Waals surface area contributed by atoms with E-state index in [9.17, 15) is 9.00 Å². The van der Waals surface area contributed by atoms with E-state index in [1.54, 1.807) is 18.2 Å². The first-order chi connectivity index (χ1) is 14.6. The molecule has 0 bridgehead atoms. The normalized spacial score (nSPS) is 15.2. The van der Waals surface area contributed by atoms with Gasteiger partial charge in [-0.1, -0.05) is 41.9 Å². The highest BCUT2D eigenvalue weighted by Crippen LogP contribution is 2.19. The maximum atomic E-state index is 12.8. The van der Waals surface area contributed by atoms with Crippen molar-refractivity contribution in [1.82, 2.24) is 4.90 Å². The maximum Gasteiger partial charge on any atom is 0.289 e. The molecule has 0 N–H and O–H groups in total. The minimum Gasteiger partial charge on any atom is -0.455 e. The van der Waals surface area contributed by atoms with Crippen molar-refractivity contribution in [1.29, 1.82) is 0 Å². The molecule has 1 amide bonds. The SMILES string of the molecule is O=C(c1ccc(CS(=O)Cc2cccc(Cl)c2)o1)N1CCN(c2ccccc2)CC1. The smallest absolute Gasteiger partial charge is 0.289 e. The van der Waals surface area contributed by atoms with Crippen LogP contribution in [0, 0.1) is 0 Å². The highest BCUT2D eigenvalue weighted by atomic mass is 35.5. The van der Waals surface area contributed by atoms with Crippen LogP contribution in [-0.4, -0.2) is 41.2 Å². The van der Waals surface area contributed by atoms with E-state index in [2.05, 4.69) is 17.0 Å². The Bertz CT molecular complexity index is 1030. The van der Waals surface area contributed by atoms with Gasteiger partial charge in [0.25, 0.3) is 5.91 Å². The highest BCUT2D eigenvalue weighted by molar-refractivity contribution is 7.83. The van der Waals surface area contributed by atoms with Crippen LogP contribution in [0.1, 0.15) is 21.9 Å². The molecule has 1 aromatic heterocycles. The molecule has 1 atom stereocenters. The minimum absolute atomic E-state index is 0.116. The van der Waals surface area contributed by atoms with Gasteiger partial charge in [-0.05, 0) is 42.0 Å². The number of hydrogen-bond acceptors (Lipinski definition) is 4. The molecule has 1 aliphatic rings. The number of furan rings is 1. The fourth-order valence-electron chi connectivity index (χ4n) is 3.56. The molecule has 1 fully saturated rings. The van der Waals surface area contributed by atoms with E-state index < -0.39 is 10.8 Å². The van der Waals surface area contributed by atoms with Gasteiger partial charge < -0.3 is 14.2 Å². The molecule has 30 heavy (non-hydrogen) atoms. The van der Waals surface area contributed by atoms with Crippen molar-refractivity contribution < 1.29 is 13.4 Å². The molecule has 4 rings (SSSR count). The molecule has 3 aromatic rings. The van der Waals surface area contributed by atoms with Crippen LogP contribution in [0.2, 0.25) is 5.02 Å². The molecule has 0 saturated carbocycles. The van der Waals surface area contributed by atoms with Gasteiger partial charge in [-0.25, -0.2) is 0 Å². The van der Waals surface area contributed by atoms with Gasteiger partial charge in [-0.3, -0.25) is 9.00 Å². The summed E-state index contributed by atoms with van der Waals surface area (Å²) >= 11 is 5.98. The number of benzene rings is 2. The van der Waals surface area contributed by atoms with E-state index in [0.29, 0.717) is 35.4 Å². The summed E-state index contributed by atoms with van der Waals surface area (Å²) in [5.41, 5.74) is 2.09. The van der Waals surface area contributed by atoms with Crippen molar-refractivity contribution >= 4 is 34.0 Å². The number of halogens is 1. The van der Waals surface area contributed by atoms with E-state index in [0.717, 1.165) is 18.7 Å². The molecule has 1 saturated heterocycles. The molecule has 1 unspecified atom stereocenters. The number of anilines is 1. The van der Waals surface area contributed by atoms with Gasteiger partial charge in [-0.2, -0.15) is 0 Å². The van der Waals surface area contributed by atoms with Crippen molar-refractivity contribution in [2.24, 2.45) is 0 Å². The Balaban J connectivity index is 1.31. The second-order valence-corrected chi connectivity index (χ2v) is 9.13. The minimum atomic E-state index is -1.14. The first-order valence-electron chi connectivity index (χ1n) is 9.86. The van der Waals surface area contributed by atoms with Gasteiger partial charge in [-0.15, -0.1) is 0 Å². The van der Waals surface area contributed by atoms with Crippen molar-refractivity contribution in [3.8, 4) is 0 Å². The quantitative estimate of drug-likeness (QED) is 0.569. The summed E-state index contributed by atoms with van der Waals surface area (Å²) in [6.45, 7) is 2.86. The third-order valence-corrected chi connectivity index (χ3v) is 6.58. The average molecular weight is 443 g/mol. The number of piperazine rings is 1. The summed E-state index contributed by atoms with van der Waals surface area (Å²) in [6.07, 6.45) is 0. The molecule has 2 heterocycles. The van der Waals surface area contributed by atoms with Crippen molar-refractivity contribution in [2.45, 2.75) is 11.5 Å². The largest absolute Gasteiger partial charge is 0.455 e. The van der Waals surface area contributed by atoms with E-state index in [1.165, 1.54) is 5.69 Å². The Morgan fingerprint density at radius 2 is 1.70 bits per heavy atom. The predicted molar refractivity (Wildman–Crippen MR) is 120 cm³/mol. The third-order valence-electron chi connectivity index (χ3n) is 5.08. The summed E-state index contributed by atoms with van der Waals surface area (Å²) in [5.74, 6) is 1.40. The van der Waals surface area contributed by atoms with Gasteiger partial charge in [0, 0.05) is 53.4 Å². The summed E-state index contributed by atoms with van der Waals surface area (Å²) in [4.78, 5) is 16.9. The van der Waals surface area contributed by atoms with Gasteiger partial charge >= 0.3 is 0 Å². The Morgan fingerprint density at radius 1 is 0.933 bits per heavy atom. The molecular weight excluding hydrogens is 420 g/mol. The lowest BCUT2D eigenvalue weighted by atomic mass is 10.2. The van der Waals surface area contributed by atoms with Crippen LogP contribution in [0.4, 0.5) is 5.69 Å². The van der Waals surface area contributed by atoms with Crippen LogP contribution in [0.5, 0.6) is 0 Å². The zero-order valence-electron chi connectivity index (χ0n) is 16.5. The molecule has 0 spiro atoms. The zero-order chi connectivity index (χ0) is 20.9. The fourth-order valence-corrected chi connectivity index (χ4v) is 4.89. The predicted octanol–water partition coefficient (Wildman–Crippen LogP) is 4.34. The summed E-state index contributed by atoms with van der Waals surface area (Å²) < 4.78 is 18.2. The standard InChI is InChI=1S/C23H23ClN2O3S/c24-19-6-4-5-18(15-19)16-30(28)17-21-9-10-22(29-21)23(27)26-13-11-25(12-14-26)20-7-2-1-3-8-20/h1-10,15H,11-14,16-17H2. The monoisotopic (exact) mass is 442 g/mol. The number of rotatable bonds is 6. The van der Waals surface area contributed by atoms with Gasteiger partial charge in [0.05, 0.1) is 5.75 Å². The van der Waals surface area contributed by atoms with Gasteiger partial charge in [0.2, 0.25) is 0 Å². The summed E-state index contributed by atoms with van der Waals surface area (Å²) in [5, 5.41) is 0.628. The molecule has 5 nitrogen and oxygen atoms in total.